The van der Waals surface area contributed by atoms with Gasteiger partial charge in [0.25, 0.3) is 0 Å². The first kappa shape index (κ1) is 17.4. The average molecular weight is 319 g/mol. The van der Waals surface area contributed by atoms with Gasteiger partial charge in [-0.2, -0.15) is 0 Å². The molecule has 0 atom stereocenters. The predicted octanol–water partition coefficient (Wildman–Crippen LogP) is 3.50. The topological polar surface area (TPSA) is 36.1 Å². The first-order chi connectivity index (χ1) is 11.8. The molecule has 0 radical (unpaired) electrons. The second-order valence-electron chi connectivity index (χ2n) is 5.22. The van der Waals surface area contributed by atoms with Crippen molar-refractivity contribution in [3.63, 3.8) is 0 Å². The van der Waals surface area contributed by atoms with E-state index >= 15 is 0 Å². The molecular formula is C21H25N3. The molecule has 0 unspecified atom stereocenters. The van der Waals surface area contributed by atoms with Crippen molar-refractivity contribution in [3.8, 4) is 0 Å². The van der Waals surface area contributed by atoms with Gasteiger partial charge in [0, 0.05) is 26.7 Å². The summed E-state index contributed by atoms with van der Waals surface area (Å²) in [7, 11) is 5.75. The van der Waals surface area contributed by atoms with Crippen molar-refractivity contribution in [1.82, 2.24) is 16.0 Å². The number of allylic oxidation sites excluding steroid dienone is 1. The molecule has 24 heavy (non-hydrogen) atoms. The Morgan fingerprint density at radius 2 is 1.17 bits per heavy atom. The smallest absolute Gasteiger partial charge is 0.0815 e. The Labute approximate surface area is 144 Å². The predicted molar refractivity (Wildman–Crippen MR) is 103 cm³/mol. The van der Waals surface area contributed by atoms with Crippen LogP contribution in [0.2, 0.25) is 0 Å². The normalized spacial score (nSPS) is 11.1. The van der Waals surface area contributed by atoms with E-state index in [1.165, 1.54) is 0 Å². The summed E-state index contributed by atoms with van der Waals surface area (Å²) in [5.41, 5.74) is 6.36. The van der Waals surface area contributed by atoms with Crippen LogP contribution in [-0.2, 0) is 0 Å². The highest BCUT2D eigenvalue weighted by Crippen LogP contribution is 2.29. The number of hydrogen-bond acceptors (Lipinski definition) is 3. The third kappa shape index (κ3) is 3.69. The SMILES string of the molecule is C=CC(NC)=C(NC)C(NC)=C(c1ccccc1)c1ccccc1. The number of benzene rings is 2. The van der Waals surface area contributed by atoms with E-state index in [1.54, 1.807) is 0 Å². The zero-order valence-electron chi connectivity index (χ0n) is 14.6. The molecule has 0 aromatic heterocycles. The fourth-order valence-electron chi connectivity index (χ4n) is 2.76. The third-order valence-corrected chi connectivity index (χ3v) is 3.87. The van der Waals surface area contributed by atoms with Crippen molar-refractivity contribution in [1.29, 1.82) is 0 Å². The number of hydrogen-bond donors (Lipinski definition) is 3. The quantitative estimate of drug-likeness (QED) is 0.684. The van der Waals surface area contributed by atoms with Gasteiger partial charge in [-0.25, -0.2) is 0 Å². The average Bonchev–Trinajstić information content (AvgIpc) is 2.66. The monoisotopic (exact) mass is 319 g/mol. The van der Waals surface area contributed by atoms with Gasteiger partial charge >= 0.3 is 0 Å². The van der Waals surface area contributed by atoms with Gasteiger partial charge in [0.1, 0.15) is 0 Å². The van der Waals surface area contributed by atoms with E-state index in [0.717, 1.165) is 33.8 Å². The number of rotatable bonds is 7. The molecule has 2 rings (SSSR count). The van der Waals surface area contributed by atoms with Crippen LogP contribution in [-0.4, -0.2) is 21.1 Å². The van der Waals surface area contributed by atoms with E-state index in [0.29, 0.717) is 0 Å². The minimum absolute atomic E-state index is 0.936. The minimum atomic E-state index is 0.936. The summed E-state index contributed by atoms with van der Waals surface area (Å²) < 4.78 is 0. The van der Waals surface area contributed by atoms with Crippen molar-refractivity contribution in [2.45, 2.75) is 0 Å². The molecule has 0 fully saturated rings. The maximum atomic E-state index is 3.91. The van der Waals surface area contributed by atoms with Crippen LogP contribution < -0.4 is 16.0 Å². The van der Waals surface area contributed by atoms with E-state index in [2.05, 4.69) is 71.1 Å². The molecule has 0 saturated carbocycles. The Morgan fingerprint density at radius 1 is 0.708 bits per heavy atom. The van der Waals surface area contributed by atoms with Gasteiger partial charge in [-0.05, 0) is 17.2 Å². The van der Waals surface area contributed by atoms with Crippen LogP contribution in [0.4, 0.5) is 0 Å². The maximum absolute atomic E-state index is 3.91. The molecule has 0 heterocycles. The Kier molecular flexibility index (Phi) is 6.26. The summed E-state index contributed by atoms with van der Waals surface area (Å²) in [6.45, 7) is 3.91. The minimum Gasteiger partial charge on any atom is -0.386 e. The van der Waals surface area contributed by atoms with Gasteiger partial charge in [-0.1, -0.05) is 67.2 Å². The Hall–Kier alpha value is -2.94. The van der Waals surface area contributed by atoms with Crippen molar-refractivity contribution >= 4 is 5.57 Å². The van der Waals surface area contributed by atoms with Crippen molar-refractivity contribution < 1.29 is 0 Å². The summed E-state index contributed by atoms with van der Waals surface area (Å²) in [6.07, 6.45) is 1.82. The summed E-state index contributed by atoms with van der Waals surface area (Å²) in [4.78, 5) is 0. The summed E-state index contributed by atoms with van der Waals surface area (Å²) >= 11 is 0. The lowest BCUT2D eigenvalue weighted by Gasteiger charge is -2.21. The van der Waals surface area contributed by atoms with Crippen LogP contribution in [0.1, 0.15) is 11.1 Å². The Morgan fingerprint density at radius 3 is 1.50 bits per heavy atom. The largest absolute Gasteiger partial charge is 0.386 e. The summed E-state index contributed by atoms with van der Waals surface area (Å²) in [5.74, 6) is 0. The summed E-state index contributed by atoms with van der Waals surface area (Å²) in [5, 5.41) is 9.87. The lowest BCUT2D eigenvalue weighted by molar-refractivity contribution is 0.863. The van der Waals surface area contributed by atoms with E-state index in [1.807, 2.05) is 39.4 Å². The molecule has 0 saturated heterocycles. The van der Waals surface area contributed by atoms with Gasteiger partial charge < -0.3 is 16.0 Å². The van der Waals surface area contributed by atoms with Gasteiger partial charge in [0.05, 0.1) is 17.1 Å². The molecule has 3 N–H and O–H groups in total. The summed E-state index contributed by atoms with van der Waals surface area (Å²) in [6, 6.07) is 20.8. The highest BCUT2D eigenvalue weighted by Gasteiger charge is 2.16. The standard InChI is InChI=1S/C21H25N3/c1-5-18(22-2)20(23-3)21(24-4)19(16-12-8-6-9-13-16)17-14-10-7-11-15-17/h5-15,22-24H,1H2,2-4H3. The molecule has 0 aliphatic heterocycles. The van der Waals surface area contributed by atoms with Crippen LogP contribution in [0.3, 0.4) is 0 Å². The Bertz CT molecular complexity index is 687. The molecule has 124 valence electrons. The molecule has 0 spiro atoms. The van der Waals surface area contributed by atoms with E-state index in [4.69, 9.17) is 0 Å². The molecule has 2 aromatic rings. The Balaban J connectivity index is 2.82. The zero-order chi connectivity index (χ0) is 17.4. The fraction of sp³-hybridized carbons (Fsp3) is 0.143. The highest BCUT2D eigenvalue weighted by atomic mass is 15.0. The second kappa shape index (κ2) is 8.63. The second-order valence-corrected chi connectivity index (χ2v) is 5.22. The maximum Gasteiger partial charge on any atom is 0.0815 e. The van der Waals surface area contributed by atoms with Crippen LogP contribution in [0.25, 0.3) is 5.57 Å². The molecule has 3 nitrogen and oxygen atoms in total. The molecule has 0 bridgehead atoms. The zero-order valence-corrected chi connectivity index (χ0v) is 14.6. The molecule has 3 heteroatoms. The first-order valence-corrected chi connectivity index (χ1v) is 8.02. The number of nitrogens with one attached hydrogen (secondary N) is 3. The lowest BCUT2D eigenvalue weighted by atomic mass is 9.94. The van der Waals surface area contributed by atoms with E-state index in [-0.39, 0.29) is 0 Å². The third-order valence-electron chi connectivity index (χ3n) is 3.87. The van der Waals surface area contributed by atoms with Crippen LogP contribution in [0, 0.1) is 0 Å². The lowest BCUT2D eigenvalue weighted by Crippen LogP contribution is -2.24. The van der Waals surface area contributed by atoms with Gasteiger partial charge in [-0.3, -0.25) is 0 Å². The van der Waals surface area contributed by atoms with Gasteiger partial charge in [-0.15, -0.1) is 0 Å². The van der Waals surface area contributed by atoms with Crippen LogP contribution in [0.5, 0.6) is 0 Å². The van der Waals surface area contributed by atoms with Crippen LogP contribution >= 0.6 is 0 Å². The van der Waals surface area contributed by atoms with Crippen molar-refractivity contribution in [2.75, 3.05) is 21.1 Å². The highest BCUT2D eigenvalue weighted by molar-refractivity contribution is 5.84. The van der Waals surface area contributed by atoms with Crippen molar-refractivity contribution in [3.05, 3.63) is 102 Å². The molecular weight excluding hydrogens is 294 g/mol. The molecule has 0 aliphatic carbocycles. The van der Waals surface area contributed by atoms with Crippen molar-refractivity contribution in [2.24, 2.45) is 0 Å². The number of likely N-dealkylation sites (N-methyl/N-ethyl adjacent to an activating group) is 3. The molecule has 0 aliphatic rings. The van der Waals surface area contributed by atoms with E-state index in [9.17, 15) is 0 Å². The van der Waals surface area contributed by atoms with E-state index < -0.39 is 0 Å². The van der Waals surface area contributed by atoms with Crippen LogP contribution in [0.15, 0.2) is 90.4 Å². The first-order valence-electron chi connectivity index (χ1n) is 8.02. The molecule has 2 aromatic carbocycles. The molecule has 0 amide bonds. The fourth-order valence-corrected chi connectivity index (χ4v) is 2.76. The van der Waals surface area contributed by atoms with Gasteiger partial charge in [0.15, 0.2) is 0 Å². The van der Waals surface area contributed by atoms with Gasteiger partial charge in [0.2, 0.25) is 0 Å².